The summed E-state index contributed by atoms with van der Waals surface area (Å²) in [6.07, 6.45) is 24.2. The lowest BCUT2D eigenvalue weighted by molar-refractivity contribution is -0.161. The molecule has 11 nitrogen and oxygen atoms in total. The molecule has 4 N–H and O–H groups in total. The first-order valence-corrected chi connectivity index (χ1v) is 21.6. The fourth-order valence-electron chi connectivity index (χ4n) is 6.42. The molecule has 0 aromatic heterocycles. The van der Waals surface area contributed by atoms with Crippen molar-refractivity contribution in [2.75, 3.05) is 13.2 Å². The molecule has 0 aromatic rings. The molecule has 0 aromatic carbocycles. The van der Waals surface area contributed by atoms with Crippen LogP contribution in [0.25, 0.3) is 0 Å². The second-order valence-electron chi connectivity index (χ2n) is 14.9. The Labute approximate surface area is 313 Å². The van der Waals surface area contributed by atoms with E-state index in [1.807, 2.05) is 12.2 Å². The number of esters is 2. The number of carbonyl (C=O) groups is 3. The number of unbranched alkanes of at least 4 members (excludes halogenated alkanes) is 13. The van der Waals surface area contributed by atoms with Crippen LogP contribution in [0, 0.1) is 17.8 Å². The van der Waals surface area contributed by atoms with E-state index in [-0.39, 0.29) is 43.5 Å². The molecular weight excluding hydrogens is 687 g/mol. The van der Waals surface area contributed by atoms with Gasteiger partial charge in [-0.05, 0) is 38.0 Å². The zero-order valence-corrected chi connectivity index (χ0v) is 33.2. The topological polar surface area (TPSA) is 177 Å². The van der Waals surface area contributed by atoms with Gasteiger partial charge in [0.05, 0.1) is 18.8 Å². The van der Waals surface area contributed by atoms with E-state index < -0.39 is 44.7 Å². The predicted molar refractivity (Wildman–Crippen MR) is 203 cm³/mol. The SMILES string of the molecule is CCCCC[C@H](O)/C=C/[C@H]1[C@H](O)CC(=O)[C@@H]1C/C=C\CCCC(=O)OC[C@H](COP(=O)(O)O)OC(=O)CCCCCCCCCCCCCC(C)C. The maximum absolute atomic E-state index is 12.5. The van der Waals surface area contributed by atoms with E-state index in [0.717, 1.165) is 44.4 Å². The van der Waals surface area contributed by atoms with Gasteiger partial charge in [-0.1, -0.05) is 135 Å². The van der Waals surface area contributed by atoms with Crippen molar-refractivity contribution in [3.63, 3.8) is 0 Å². The maximum Gasteiger partial charge on any atom is 0.469 e. The van der Waals surface area contributed by atoms with Crippen LogP contribution in [0.5, 0.6) is 0 Å². The molecular formula is C40H71O11P. The minimum absolute atomic E-state index is 0.00650. The molecule has 1 saturated carbocycles. The number of ether oxygens (including phenoxy) is 2. The van der Waals surface area contributed by atoms with E-state index >= 15 is 0 Å². The Hall–Kier alpha value is -1.88. The predicted octanol–water partition coefficient (Wildman–Crippen LogP) is 8.46. The van der Waals surface area contributed by atoms with Crippen molar-refractivity contribution in [1.29, 1.82) is 0 Å². The van der Waals surface area contributed by atoms with Crippen LogP contribution >= 0.6 is 7.82 Å². The van der Waals surface area contributed by atoms with Crippen LogP contribution in [-0.2, 0) is 32.9 Å². The highest BCUT2D eigenvalue weighted by molar-refractivity contribution is 7.46. The van der Waals surface area contributed by atoms with Crippen LogP contribution in [0.2, 0.25) is 0 Å². The largest absolute Gasteiger partial charge is 0.469 e. The number of ketones is 1. The second-order valence-corrected chi connectivity index (χ2v) is 16.1. The Morgan fingerprint density at radius 3 is 2.04 bits per heavy atom. The smallest absolute Gasteiger partial charge is 0.462 e. The number of phosphoric acid groups is 1. The summed E-state index contributed by atoms with van der Waals surface area (Å²) in [7, 11) is -4.82. The molecule has 1 aliphatic rings. The summed E-state index contributed by atoms with van der Waals surface area (Å²) >= 11 is 0. The number of carbonyl (C=O) groups excluding carboxylic acids is 3. The van der Waals surface area contributed by atoms with Gasteiger partial charge in [0.2, 0.25) is 0 Å². The molecule has 1 aliphatic carbocycles. The summed E-state index contributed by atoms with van der Waals surface area (Å²) in [5.74, 6) is -1.01. The molecule has 0 heterocycles. The van der Waals surface area contributed by atoms with E-state index in [2.05, 4.69) is 25.3 Å². The van der Waals surface area contributed by atoms with Crippen molar-refractivity contribution in [3.05, 3.63) is 24.3 Å². The van der Waals surface area contributed by atoms with Gasteiger partial charge in [0.1, 0.15) is 12.4 Å². The molecule has 0 spiro atoms. The van der Waals surface area contributed by atoms with Crippen molar-refractivity contribution < 1.29 is 52.9 Å². The Kier molecular flexibility index (Phi) is 27.3. The summed E-state index contributed by atoms with van der Waals surface area (Å²) < 4.78 is 26.3. The lowest BCUT2D eigenvalue weighted by Crippen LogP contribution is -2.29. The van der Waals surface area contributed by atoms with Crippen LogP contribution < -0.4 is 0 Å². The first-order chi connectivity index (χ1) is 24.8. The quantitative estimate of drug-likeness (QED) is 0.0224. The van der Waals surface area contributed by atoms with Crippen molar-refractivity contribution in [2.45, 2.75) is 180 Å². The molecule has 1 fully saturated rings. The van der Waals surface area contributed by atoms with Gasteiger partial charge >= 0.3 is 19.8 Å². The van der Waals surface area contributed by atoms with Gasteiger partial charge < -0.3 is 29.5 Å². The first-order valence-electron chi connectivity index (χ1n) is 20.1. The molecule has 302 valence electrons. The van der Waals surface area contributed by atoms with Crippen molar-refractivity contribution in [2.24, 2.45) is 17.8 Å². The van der Waals surface area contributed by atoms with Gasteiger partial charge in [-0.15, -0.1) is 0 Å². The normalized spacial score (nSPS) is 19.2. The number of hydrogen-bond donors (Lipinski definition) is 4. The highest BCUT2D eigenvalue weighted by atomic mass is 31.2. The summed E-state index contributed by atoms with van der Waals surface area (Å²) in [5, 5.41) is 20.6. The number of phosphoric ester groups is 1. The Bertz CT molecular complexity index is 1070. The first kappa shape index (κ1) is 48.1. The Balaban J connectivity index is 2.32. The average Bonchev–Trinajstić information content (AvgIpc) is 3.35. The highest BCUT2D eigenvalue weighted by Gasteiger charge is 2.39. The zero-order valence-electron chi connectivity index (χ0n) is 32.3. The van der Waals surface area contributed by atoms with Crippen LogP contribution in [0.15, 0.2) is 24.3 Å². The molecule has 0 radical (unpaired) electrons. The van der Waals surface area contributed by atoms with Gasteiger partial charge in [0.25, 0.3) is 0 Å². The van der Waals surface area contributed by atoms with Gasteiger partial charge in [0.15, 0.2) is 6.10 Å². The molecule has 12 heteroatoms. The fourth-order valence-corrected chi connectivity index (χ4v) is 6.78. The van der Waals surface area contributed by atoms with E-state index in [1.165, 1.54) is 51.4 Å². The summed E-state index contributed by atoms with van der Waals surface area (Å²) in [4.78, 5) is 55.4. The molecule has 0 aliphatic heterocycles. The van der Waals surface area contributed by atoms with Gasteiger partial charge in [-0.2, -0.15) is 0 Å². The lowest BCUT2D eigenvalue weighted by Gasteiger charge is -2.18. The fraction of sp³-hybridized carbons (Fsp3) is 0.825. The van der Waals surface area contributed by atoms with Crippen molar-refractivity contribution in [1.82, 2.24) is 0 Å². The van der Waals surface area contributed by atoms with Crippen molar-refractivity contribution >= 4 is 25.5 Å². The number of aliphatic hydroxyl groups excluding tert-OH is 2. The van der Waals surface area contributed by atoms with Crippen LogP contribution in [0.1, 0.15) is 162 Å². The van der Waals surface area contributed by atoms with Crippen LogP contribution in [0.3, 0.4) is 0 Å². The molecule has 0 bridgehead atoms. The van der Waals surface area contributed by atoms with E-state index in [1.54, 1.807) is 12.2 Å². The molecule has 5 atom stereocenters. The van der Waals surface area contributed by atoms with Gasteiger partial charge in [-0.25, -0.2) is 4.57 Å². The van der Waals surface area contributed by atoms with Crippen LogP contribution in [-0.4, -0.2) is 69.2 Å². The monoisotopic (exact) mass is 758 g/mol. The maximum atomic E-state index is 12.5. The zero-order chi connectivity index (χ0) is 38.6. The third-order valence-corrected chi connectivity index (χ3v) is 10.0. The number of rotatable bonds is 32. The molecule has 0 unspecified atom stereocenters. The number of aliphatic hydroxyl groups is 2. The van der Waals surface area contributed by atoms with Gasteiger partial charge in [-0.3, -0.25) is 18.9 Å². The number of Topliss-reactive ketones (excluding diaryl/α,β-unsaturated/α-hetero) is 1. The average molecular weight is 759 g/mol. The minimum atomic E-state index is -4.82. The second kappa shape index (κ2) is 29.5. The molecule has 0 saturated heterocycles. The number of hydrogen-bond acceptors (Lipinski definition) is 9. The molecule has 1 rings (SSSR count). The minimum Gasteiger partial charge on any atom is -0.462 e. The summed E-state index contributed by atoms with van der Waals surface area (Å²) in [6, 6.07) is 0. The van der Waals surface area contributed by atoms with E-state index in [9.17, 15) is 29.2 Å². The third kappa shape index (κ3) is 26.0. The van der Waals surface area contributed by atoms with Gasteiger partial charge in [0, 0.05) is 31.1 Å². The van der Waals surface area contributed by atoms with Crippen molar-refractivity contribution in [3.8, 4) is 0 Å². The van der Waals surface area contributed by atoms with E-state index in [0.29, 0.717) is 32.1 Å². The third-order valence-electron chi connectivity index (χ3n) is 9.52. The molecule has 52 heavy (non-hydrogen) atoms. The highest BCUT2D eigenvalue weighted by Crippen LogP contribution is 2.36. The Morgan fingerprint density at radius 2 is 1.42 bits per heavy atom. The Morgan fingerprint density at radius 1 is 0.827 bits per heavy atom. The summed E-state index contributed by atoms with van der Waals surface area (Å²) in [5.41, 5.74) is 0. The lowest BCUT2D eigenvalue weighted by atomic mass is 9.90. The summed E-state index contributed by atoms with van der Waals surface area (Å²) in [6.45, 7) is 5.65. The molecule has 0 amide bonds. The van der Waals surface area contributed by atoms with Crippen LogP contribution in [0.4, 0.5) is 0 Å². The number of allylic oxidation sites excluding steroid dienone is 2. The standard InChI is InChI=1S/C40H71O11P/c1-4-5-17-23-33(41)27-28-36-35(37(42)29-38(36)43)24-19-15-16-20-25-39(44)49-30-34(31-50-52(46,47)48)51-40(45)26-21-14-12-10-8-6-7-9-11-13-18-22-32(2)3/h15,19,27-28,32-36,38,41,43H,4-14,16-18,20-26,29-31H2,1-3H3,(H2,46,47,48)/b19-15-,28-27+/t33-,34+,35+,36+,38+/m0/s1. The van der Waals surface area contributed by atoms with E-state index in [4.69, 9.17) is 19.3 Å².